The van der Waals surface area contributed by atoms with Crippen molar-refractivity contribution in [2.75, 3.05) is 7.11 Å². The zero-order chi connectivity index (χ0) is 15.9. The zero-order valence-corrected chi connectivity index (χ0v) is 13.9. The van der Waals surface area contributed by atoms with Gasteiger partial charge in [0.15, 0.2) is 0 Å². The van der Waals surface area contributed by atoms with Crippen molar-refractivity contribution in [3.05, 3.63) is 62.8 Å². The van der Waals surface area contributed by atoms with Crippen molar-refractivity contribution in [3.8, 4) is 5.75 Å². The standard InChI is InChI=1S/C16H11BrClFO3/c1-21-15(20)16(9-5-3-2-4-6-9)8-10-12(22-16)7-11(19)14(18)13(10)17/h2-7H,8H2,1H3/t16-/m0/s1. The van der Waals surface area contributed by atoms with Gasteiger partial charge in [-0.05, 0) is 15.9 Å². The Morgan fingerprint density at radius 1 is 1.41 bits per heavy atom. The van der Waals surface area contributed by atoms with Gasteiger partial charge in [-0.25, -0.2) is 9.18 Å². The number of rotatable bonds is 2. The second-order valence-corrected chi connectivity index (χ2v) is 6.10. The van der Waals surface area contributed by atoms with Crippen LogP contribution in [0.15, 0.2) is 40.9 Å². The minimum Gasteiger partial charge on any atom is -0.470 e. The monoisotopic (exact) mass is 384 g/mol. The van der Waals surface area contributed by atoms with E-state index in [1.54, 1.807) is 24.3 Å². The molecule has 0 aromatic heterocycles. The Balaban J connectivity index is 2.17. The van der Waals surface area contributed by atoms with Gasteiger partial charge in [0.25, 0.3) is 0 Å². The summed E-state index contributed by atoms with van der Waals surface area (Å²) in [4.78, 5) is 12.4. The molecule has 2 aromatic rings. The molecule has 2 aromatic carbocycles. The van der Waals surface area contributed by atoms with Gasteiger partial charge in [-0.1, -0.05) is 41.9 Å². The number of fused-ring (bicyclic) bond motifs is 1. The van der Waals surface area contributed by atoms with E-state index in [-0.39, 0.29) is 17.2 Å². The number of carbonyl (C=O) groups is 1. The second-order valence-electron chi connectivity index (χ2n) is 4.93. The predicted octanol–water partition coefficient (Wildman–Crippen LogP) is 4.25. The second kappa shape index (κ2) is 5.56. The van der Waals surface area contributed by atoms with Crippen LogP contribution < -0.4 is 4.74 Å². The molecule has 0 unspecified atom stereocenters. The van der Waals surface area contributed by atoms with Gasteiger partial charge in [0.1, 0.15) is 11.6 Å². The van der Waals surface area contributed by atoms with Crippen molar-refractivity contribution in [3.63, 3.8) is 0 Å². The average Bonchev–Trinajstić information content (AvgIpc) is 2.93. The van der Waals surface area contributed by atoms with Crippen LogP contribution in [0.4, 0.5) is 4.39 Å². The van der Waals surface area contributed by atoms with E-state index in [4.69, 9.17) is 21.1 Å². The molecule has 0 fully saturated rings. The van der Waals surface area contributed by atoms with Gasteiger partial charge in [-0.2, -0.15) is 0 Å². The molecule has 1 aliphatic heterocycles. The van der Waals surface area contributed by atoms with Gasteiger partial charge < -0.3 is 9.47 Å². The number of hydrogen-bond donors (Lipinski definition) is 0. The topological polar surface area (TPSA) is 35.5 Å². The zero-order valence-electron chi connectivity index (χ0n) is 11.5. The van der Waals surface area contributed by atoms with Crippen LogP contribution in [0, 0.1) is 5.82 Å². The van der Waals surface area contributed by atoms with Crippen LogP contribution in [-0.2, 0) is 21.6 Å². The lowest BCUT2D eigenvalue weighted by Crippen LogP contribution is -2.41. The maximum Gasteiger partial charge on any atom is 0.355 e. The molecular formula is C16H11BrClFO3. The van der Waals surface area contributed by atoms with E-state index in [9.17, 15) is 9.18 Å². The van der Waals surface area contributed by atoms with E-state index in [1.165, 1.54) is 13.2 Å². The molecule has 0 bridgehead atoms. The van der Waals surface area contributed by atoms with Crippen LogP contribution >= 0.6 is 27.5 Å². The normalized spacial score (nSPS) is 19.5. The molecule has 3 nitrogen and oxygen atoms in total. The molecule has 22 heavy (non-hydrogen) atoms. The predicted molar refractivity (Wildman–Crippen MR) is 83.6 cm³/mol. The minimum absolute atomic E-state index is 0.0314. The molecule has 114 valence electrons. The van der Waals surface area contributed by atoms with E-state index in [0.29, 0.717) is 15.6 Å². The third-order valence-electron chi connectivity index (χ3n) is 3.69. The Morgan fingerprint density at radius 3 is 2.73 bits per heavy atom. The Morgan fingerprint density at radius 2 is 2.09 bits per heavy atom. The smallest absolute Gasteiger partial charge is 0.355 e. The lowest BCUT2D eigenvalue weighted by atomic mass is 9.89. The number of halogens is 3. The first kappa shape index (κ1) is 15.3. The van der Waals surface area contributed by atoms with E-state index >= 15 is 0 Å². The van der Waals surface area contributed by atoms with Crippen molar-refractivity contribution in [1.82, 2.24) is 0 Å². The van der Waals surface area contributed by atoms with Gasteiger partial charge in [0.05, 0.1) is 12.1 Å². The van der Waals surface area contributed by atoms with Gasteiger partial charge in [-0.3, -0.25) is 0 Å². The van der Waals surface area contributed by atoms with Crippen molar-refractivity contribution < 1.29 is 18.7 Å². The summed E-state index contributed by atoms with van der Waals surface area (Å²) in [5.74, 6) is -0.873. The molecular weight excluding hydrogens is 375 g/mol. The Hall–Kier alpha value is -1.59. The molecule has 0 saturated heterocycles. The first-order valence-electron chi connectivity index (χ1n) is 6.49. The highest BCUT2D eigenvalue weighted by molar-refractivity contribution is 9.10. The summed E-state index contributed by atoms with van der Waals surface area (Å²) in [5, 5.41) is -0.0314. The molecule has 3 rings (SSSR count). The maximum absolute atomic E-state index is 13.8. The van der Waals surface area contributed by atoms with Crippen LogP contribution in [0.5, 0.6) is 5.75 Å². The fourth-order valence-electron chi connectivity index (χ4n) is 2.60. The lowest BCUT2D eigenvalue weighted by molar-refractivity contribution is -0.158. The van der Waals surface area contributed by atoms with Crippen LogP contribution in [-0.4, -0.2) is 13.1 Å². The van der Waals surface area contributed by atoms with Crippen LogP contribution in [0.3, 0.4) is 0 Å². The SMILES string of the molecule is COC(=O)[C@@]1(c2ccccc2)Cc2c(cc(F)c(Cl)c2Br)O1. The molecule has 6 heteroatoms. The summed E-state index contributed by atoms with van der Waals surface area (Å²) in [5.41, 5.74) is -0.0556. The van der Waals surface area contributed by atoms with Gasteiger partial charge >= 0.3 is 5.97 Å². The average molecular weight is 386 g/mol. The first-order valence-corrected chi connectivity index (χ1v) is 7.66. The third-order valence-corrected chi connectivity index (χ3v) is 5.16. The summed E-state index contributed by atoms with van der Waals surface area (Å²) < 4.78 is 25.0. The Labute approximate surface area is 140 Å². The summed E-state index contributed by atoms with van der Waals surface area (Å²) >= 11 is 9.19. The highest BCUT2D eigenvalue weighted by Gasteiger charge is 2.50. The van der Waals surface area contributed by atoms with Gasteiger partial charge in [-0.15, -0.1) is 0 Å². The molecule has 1 aliphatic rings. The van der Waals surface area contributed by atoms with Crippen molar-refractivity contribution in [1.29, 1.82) is 0 Å². The third kappa shape index (κ3) is 2.20. The van der Waals surface area contributed by atoms with Crippen LogP contribution in [0.1, 0.15) is 11.1 Å². The largest absolute Gasteiger partial charge is 0.470 e. The van der Waals surface area contributed by atoms with Crippen molar-refractivity contribution in [2.24, 2.45) is 0 Å². The highest BCUT2D eigenvalue weighted by Crippen LogP contribution is 2.47. The highest BCUT2D eigenvalue weighted by atomic mass is 79.9. The molecule has 0 N–H and O–H groups in total. The van der Waals surface area contributed by atoms with Gasteiger partial charge in [0.2, 0.25) is 5.60 Å². The molecule has 0 radical (unpaired) electrons. The van der Waals surface area contributed by atoms with Gasteiger partial charge in [0, 0.05) is 28.1 Å². The van der Waals surface area contributed by atoms with E-state index in [2.05, 4.69) is 15.9 Å². The quantitative estimate of drug-likeness (QED) is 0.573. The molecule has 0 amide bonds. The first-order chi connectivity index (χ1) is 10.5. The number of ether oxygens (including phenoxy) is 2. The number of methoxy groups -OCH3 is 1. The minimum atomic E-state index is -1.34. The molecule has 0 spiro atoms. The Kier molecular flexibility index (Phi) is 3.87. The fraction of sp³-hybridized carbons (Fsp3) is 0.188. The Bertz CT molecular complexity index is 751. The van der Waals surface area contributed by atoms with Crippen molar-refractivity contribution in [2.45, 2.75) is 12.0 Å². The van der Waals surface area contributed by atoms with Crippen LogP contribution in [0.25, 0.3) is 0 Å². The summed E-state index contributed by atoms with van der Waals surface area (Å²) in [6.45, 7) is 0. The summed E-state index contributed by atoms with van der Waals surface area (Å²) in [6, 6.07) is 10.2. The van der Waals surface area contributed by atoms with Crippen LogP contribution in [0.2, 0.25) is 5.02 Å². The van der Waals surface area contributed by atoms with Crippen molar-refractivity contribution >= 4 is 33.5 Å². The van der Waals surface area contributed by atoms with E-state index in [0.717, 1.165) is 0 Å². The molecule has 0 saturated carbocycles. The molecule has 1 atom stereocenters. The molecule has 1 heterocycles. The fourth-order valence-corrected chi connectivity index (χ4v) is 3.30. The molecule has 0 aliphatic carbocycles. The lowest BCUT2D eigenvalue weighted by Gasteiger charge is -2.26. The number of esters is 1. The van der Waals surface area contributed by atoms with E-state index in [1.807, 2.05) is 6.07 Å². The summed E-state index contributed by atoms with van der Waals surface area (Å²) in [6.07, 6.45) is 0.208. The summed E-state index contributed by atoms with van der Waals surface area (Å²) in [7, 11) is 1.29. The number of hydrogen-bond acceptors (Lipinski definition) is 3. The van der Waals surface area contributed by atoms with E-state index < -0.39 is 17.4 Å². The maximum atomic E-state index is 13.8. The number of benzene rings is 2. The number of carbonyl (C=O) groups excluding carboxylic acids is 1.